The topological polar surface area (TPSA) is 190 Å². The van der Waals surface area contributed by atoms with Gasteiger partial charge in [-0.2, -0.15) is 0 Å². The summed E-state index contributed by atoms with van der Waals surface area (Å²) in [6, 6.07) is 16.1. The summed E-state index contributed by atoms with van der Waals surface area (Å²) in [6.07, 6.45) is 6.78. The number of carbonyl (C=O) groups excluding carboxylic acids is 5. The monoisotopic (exact) mass is 676 g/mol. The fourth-order valence-electron chi connectivity index (χ4n) is 3.84. The summed E-state index contributed by atoms with van der Waals surface area (Å²) in [5.41, 5.74) is 2.52. The molecule has 2 aliphatic rings. The van der Waals surface area contributed by atoms with Crippen molar-refractivity contribution in [3.63, 3.8) is 0 Å². The molecule has 0 bridgehead atoms. The highest BCUT2D eigenvalue weighted by atomic mass is 35.6. The van der Waals surface area contributed by atoms with Gasteiger partial charge < -0.3 is 19.9 Å². The molecule has 2 aliphatic heterocycles. The molecule has 0 saturated heterocycles. The highest BCUT2D eigenvalue weighted by Crippen LogP contribution is 2.23. The molecule has 2 aromatic heterocycles. The van der Waals surface area contributed by atoms with Crippen LogP contribution in [-0.4, -0.2) is 70.3 Å². The van der Waals surface area contributed by atoms with E-state index in [0.717, 1.165) is 5.56 Å². The molecule has 2 aromatic carbocycles. The van der Waals surface area contributed by atoms with Gasteiger partial charge in [0, 0.05) is 24.8 Å². The van der Waals surface area contributed by atoms with Crippen LogP contribution in [0.5, 0.6) is 0 Å². The molecule has 13 nitrogen and oxygen atoms in total. The summed E-state index contributed by atoms with van der Waals surface area (Å²) in [7, 11) is 0. The van der Waals surface area contributed by atoms with Gasteiger partial charge in [0.15, 0.2) is 4.30 Å². The average Bonchev–Trinajstić information content (AvgIpc) is 3.79. The Morgan fingerprint density at radius 1 is 0.689 bits per heavy atom. The second-order valence-corrected chi connectivity index (χ2v) is 10.8. The Kier molecular flexibility index (Phi) is 12.4. The van der Waals surface area contributed by atoms with Crippen LogP contribution in [0.2, 0.25) is 0 Å². The van der Waals surface area contributed by atoms with Gasteiger partial charge in [-0.05, 0) is 47.5 Å². The number of imide groups is 2. The Morgan fingerprint density at radius 3 is 1.42 bits per heavy atom. The van der Waals surface area contributed by atoms with Crippen molar-refractivity contribution in [1.29, 1.82) is 0 Å². The maximum absolute atomic E-state index is 12.0. The van der Waals surface area contributed by atoms with E-state index >= 15 is 0 Å². The summed E-state index contributed by atoms with van der Waals surface area (Å²) in [4.78, 5) is 78.3. The molecule has 45 heavy (non-hydrogen) atoms. The lowest BCUT2D eigenvalue weighted by molar-refractivity contribution is -0.167. The first-order valence-electron chi connectivity index (χ1n) is 12.6. The first kappa shape index (κ1) is 34.5. The van der Waals surface area contributed by atoms with Crippen molar-refractivity contribution in [2.75, 3.05) is 0 Å². The number of nitrogens with one attached hydrogen (secondary N) is 2. The fourth-order valence-corrected chi connectivity index (χ4v) is 3.84. The molecule has 16 heteroatoms. The van der Waals surface area contributed by atoms with Gasteiger partial charge in [-0.25, -0.2) is 4.79 Å². The number of hydrogen-bond acceptors (Lipinski definition) is 8. The minimum absolute atomic E-state index is 0.0170. The van der Waals surface area contributed by atoms with Gasteiger partial charge in [-0.15, -0.1) is 5.06 Å². The molecule has 4 heterocycles. The van der Waals surface area contributed by atoms with E-state index in [4.69, 9.17) is 50.0 Å². The Morgan fingerprint density at radius 2 is 1.07 bits per heavy atom. The van der Waals surface area contributed by atoms with Gasteiger partial charge in [-0.3, -0.25) is 29.2 Å². The maximum Gasteiger partial charge on any atom is 0.337 e. The highest BCUT2D eigenvalue weighted by Gasteiger charge is 2.38. The van der Waals surface area contributed by atoms with Crippen LogP contribution in [0.3, 0.4) is 0 Å². The van der Waals surface area contributed by atoms with E-state index in [1.54, 1.807) is 61.2 Å². The Hall–Kier alpha value is -4.95. The number of carboxylic acids is 1. The van der Waals surface area contributed by atoms with Gasteiger partial charge in [0.2, 0.25) is 0 Å². The number of carbonyl (C=O) groups is 6. The van der Waals surface area contributed by atoms with Crippen molar-refractivity contribution >= 4 is 70.4 Å². The predicted molar refractivity (Wildman–Crippen MR) is 160 cm³/mol. The van der Waals surface area contributed by atoms with Crippen molar-refractivity contribution in [3.8, 4) is 0 Å². The molecule has 0 aliphatic carbocycles. The van der Waals surface area contributed by atoms with Crippen LogP contribution in [0, 0.1) is 0 Å². The van der Waals surface area contributed by atoms with Crippen molar-refractivity contribution in [2.45, 2.75) is 17.1 Å². The standard InChI is InChI=1S/C14H10N2O4.C8H5NO3.C6H7NO2.CHCl3/c17-12(7-9-5-6-15-8-9)20-16-13(18)10-3-1-2-4-11(10)14(16)19;10-7-5-3-1-2-4-6(5)8(11)9(7)12;8-6(9)3-5-1-2-7-4-5;2-1(3)4/h1-6,8,15H,7H2;1-4,12H;1-2,4,7H,3H2,(H,8,9);1H. The number of aliphatic carboxylic acids is 1. The summed E-state index contributed by atoms with van der Waals surface area (Å²) < 4.78 is -0.750. The van der Waals surface area contributed by atoms with Crippen LogP contribution < -0.4 is 0 Å². The van der Waals surface area contributed by atoms with Crippen molar-refractivity contribution in [2.24, 2.45) is 0 Å². The molecule has 0 radical (unpaired) electrons. The van der Waals surface area contributed by atoms with Gasteiger partial charge in [0.25, 0.3) is 23.6 Å². The maximum atomic E-state index is 12.0. The van der Waals surface area contributed by atoms with Gasteiger partial charge in [-0.1, -0.05) is 64.1 Å². The lowest BCUT2D eigenvalue weighted by atomic mass is 10.1. The van der Waals surface area contributed by atoms with E-state index in [9.17, 15) is 28.8 Å². The zero-order valence-electron chi connectivity index (χ0n) is 22.9. The van der Waals surface area contributed by atoms with Crippen LogP contribution in [0.25, 0.3) is 0 Å². The quantitative estimate of drug-likeness (QED) is 0.133. The number of H-pyrrole nitrogens is 2. The fraction of sp³-hybridized carbons (Fsp3) is 0.103. The Bertz CT molecular complexity index is 1600. The van der Waals surface area contributed by atoms with Crippen molar-refractivity contribution in [1.82, 2.24) is 20.1 Å². The van der Waals surface area contributed by atoms with Crippen LogP contribution in [0.4, 0.5) is 0 Å². The number of rotatable bonds is 5. The summed E-state index contributed by atoms with van der Waals surface area (Å²) in [5, 5.41) is 17.8. The number of halogens is 3. The van der Waals surface area contributed by atoms with E-state index in [1.165, 1.54) is 24.3 Å². The summed E-state index contributed by atoms with van der Waals surface area (Å²) in [6.45, 7) is 0. The largest absolute Gasteiger partial charge is 0.481 e. The summed E-state index contributed by atoms with van der Waals surface area (Å²) in [5.74, 6) is -4.01. The molecule has 0 fully saturated rings. The minimum atomic E-state index is -0.797. The second-order valence-electron chi connectivity index (χ2n) is 8.81. The molecular weight excluding hydrogens is 655 g/mol. The number of fused-ring (bicyclic) bond motifs is 2. The Balaban J connectivity index is 0.000000188. The molecule has 6 rings (SSSR count). The smallest absolute Gasteiger partial charge is 0.337 e. The van der Waals surface area contributed by atoms with Gasteiger partial charge >= 0.3 is 11.9 Å². The van der Waals surface area contributed by atoms with Crippen LogP contribution in [0.1, 0.15) is 52.6 Å². The van der Waals surface area contributed by atoms with Crippen LogP contribution >= 0.6 is 34.8 Å². The third-order valence-electron chi connectivity index (χ3n) is 5.75. The lowest BCUT2D eigenvalue weighted by Crippen LogP contribution is -2.33. The SMILES string of the molecule is ClC(Cl)Cl.O=C(Cc1cc[nH]c1)ON1C(=O)c2ccccc2C1=O.O=C(O)Cc1cc[nH]c1.O=C1c2ccccc2C(=O)N1O. The number of nitrogens with zero attached hydrogens (tertiary/aromatic N) is 2. The number of hydrogen-bond donors (Lipinski definition) is 4. The third kappa shape index (κ3) is 9.52. The van der Waals surface area contributed by atoms with Gasteiger partial charge in [0.1, 0.15) is 0 Å². The second kappa shape index (κ2) is 16.2. The molecule has 0 saturated carbocycles. The van der Waals surface area contributed by atoms with E-state index in [-0.39, 0.29) is 40.2 Å². The number of hydroxylamine groups is 4. The molecule has 4 N–H and O–H groups in total. The van der Waals surface area contributed by atoms with E-state index < -0.39 is 39.9 Å². The number of alkyl halides is 3. The zero-order chi connectivity index (χ0) is 33.1. The van der Waals surface area contributed by atoms with Gasteiger partial charge in [0.05, 0.1) is 35.1 Å². The van der Waals surface area contributed by atoms with E-state index in [1.807, 2.05) is 0 Å². The molecule has 234 valence electrons. The van der Waals surface area contributed by atoms with Crippen molar-refractivity contribution < 1.29 is 43.9 Å². The van der Waals surface area contributed by atoms with Crippen LogP contribution in [0.15, 0.2) is 85.5 Å². The molecule has 4 amide bonds. The average molecular weight is 678 g/mol. The number of carboxylic acid groups (broad SMARTS) is 1. The highest BCUT2D eigenvalue weighted by molar-refractivity contribution is 6.63. The molecular formula is C29H23Cl3N4O9. The van der Waals surface area contributed by atoms with E-state index in [0.29, 0.717) is 10.6 Å². The lowest BCUT2D eigenvalue weighted by Gasteiger charge is -2.12. The Labute approximate surface area is 269 Å². The molecule has 0 spiro atoms. The minimum Gasteiger partial charge on any atom is -0.481 e. The number of benzene rings is 2. The summed E-state index contributed by atoms with van der Waals surface area (Å²) >= 11 is 14.4. The molecule has 0 unspecified atom stereocenters. The van der Waals surface area contributed by atoms with Crippen molar-refractivity contribution in [3.05, 3.63) is 119 Å². The first-order chi connectivity index (χ1) is 21.4. The predicted octanol–water partition coefficient (Wildman–Crippen LogP) is 4.61. The number of amides is 4. The number of aromatic nitrogens is 2. The molecule has 0 atom stereocenters. The zero-order valence-corrected chi connectivity index (χ0v) is 25.1. The first-order valence-corrected chi connectivity index (χ1v) is 13.9. The van der Waals surface area contributed by atoms with Crippen LogP contribution in [-0.2, 0) is 27.3 Å². The van der Waals surface area contributed by atoms with E-state index in [2.05, 4.69) is 9.97 Å². The normalized spacial score (nSPS) is 12.7. The number of aromatic amines is 2. The molecule has 4 aromatic rings. The third-order valence-corrected chi connectivity index (χ3v) is 5.75.